The minimum Gasteiger partial charge on any atom is -0.465 e. The molecule has 2 aromatic rings. The molecule has 7 nitrogen and oxygen atoms in total. The number of sulfonamides is 1. The molecule has 30 heavy (non-hydrogen) atoms. The largest absolute Gasteiger partial charge is 0.465 e. The highest BCUT2D eigenvalue weighted by Gasteiger charge is 2.18. The highest BCUT2D eigenvalue weighted by atomic mass is 32.2. The number of aryl methyl sites for hydroxylation is 1. The smallest absolute Gasteiger partial charge is 0.337 e. The van der Waals surface area contributed by atoms with E-state index in [1.54, 1.807) is 24.3 Å². The number of rotatable bonds is 10. The van der Waals surface area contributed by atoms with Gasteiger partial charge in [-0.1, -0.05) is 38.3 Å². The molecule has 0 radical (unpaired) electrons. The fourth-order valence-corrected chi connectivity index (χ4v) is 4.00. The number of esters is 2. The molecule has 0 bridgehead atoms. The number of methoxy groups -OCH3 is 2. The highest BCUT2D eigenvalue weighted by Crippen LogP contribution is 2.21. The van der Waals surface area contributed by atoms with E-state index in [9.17, 15) is 18.0 Å². The van der Waals surface area contributed by atoms with Gasteiger partial charge >= 0.3 is 11.9 Å². The Morgan fingerprint density at radius 3 is 1.93 bits per heavy atom. The first-order valence-corrected chi connectivity index (χ1v) is 11.2. The van der Waals surface area contributed by atoms with Gasteiger partial charge in [0.1, 0.15) is 0 Å². The van der Waals surface area contributed by atoms with Gasteiger partial charge in [0.15, 0.2) is 0 Å². The third kappa shape index (κ3) is 6.32. The third-order valence-corrected chi connectivity index (χ3v) is 5.98. The molecule has 0 atom stereocenters. The Bertz CT molecular complexity index is 949. The van der Waals surface area contributed by atoms with Crippen molar-refractivity contribution < 1.29 is 27.5 Å². The van der Waals surface area contributed by atoms with Crippen molar-refractivity contribution in [2.75, 3.05) is 18.9 Å². The van der Waals surface area contributed by atoms with E-state index in [4.69, 9.17) is 0 Å². The highest BCUT2D eigenvalue weighted by molar-refractivity contribution is 7.92. The number of hydrogen-bond donors (Lipinski definition) is 1. The van der Waals surface area contributed by atoms with Crippen LogP contribution in [0.5, 0.6) is 0 Å². The molecule has 0 saturated carbocycles. The maximum absolute atomic E-state index is 12.8. The van der Waals surface area contributed by atoms with Gasteiger partial charge in [-0.3, -0.25) is 4.72 Å². The van der Waals surface area contributed by atoms with Crippen molar-refractivity contribution in [1.82, 2.24) is 0 Å². The molecule has 0 unspecified atom stereocenters. The predicted octanol–water partition coefficient (Wildman–Crippen LogP) is 4.18. The van der Waals surface area contributed by atoms with Crippen LogP contribution >= 0.6 is 0 Å². The average Bonchev–Trinajstić information content (AvgIpc) is 2.75. The summed E-state index contributed by atoms with van der Waals surface area (Å²) >= 11 is 0. The summed E-state index contributed by atoms with van der Waals surface area (Å²) in [5, 5.41) is 0. The van der Waals surface area contributed by atoms with Crippen LogP contribution in [0.4, 0.5) is 5.69 Å². The van der Waals surface area contributed by atoms with Gasteiger partial charge in [-0.15, -0.1) is 0 Å². The Labute approximate surface area is 177 Å². The van der Waals surface area contributed by atoms with Crippen molar-refractivity contribution in [2.45, 2.75) is 43.9 Å². The molecule has 0 fully saturated rings. The first kappa shape index (κ1) is 23.4. The van der Waals surface area contributed by atoms with Crippen LogP contribution in [0, 0.1) is 0 Å². The van der Waals surface area contributed by atoms with Gasteiger partial charge in [-0.05, 0) is 48.7 Å². The molecule has 0 aliphatic carbocycles. The van der Waals surface area contributed by atoms with Gasteiger partial charge < -0.3 is 9.47 Å². The van der Waals surface area contributed by atoms with Crippen molar-refractivity contribution >= 4 is 27.6 Å². The van der Waals surface area contributed by atoms with Crippen LogP contribution in [0.25, 0.3) is 0 Å². The van der Waals surface area contributed by atoms with Crippen molar-refractivity contribution in [3.8, 4) is 0 Å². The van der Waals surface area contributed by atoms with Crippen LogP contribution in [-0.2, 0) is 25.9 Å². The lowest BCUT2D eigenvalue weighted by atomic mass is 10.1. The van der Waals surface area contributed by atoms with E-state index in [0.29, 0.717) is 0 Å². The average molecular weight is 434 g/mol. The fraction of sp³-hybridized carbons (Fsp3) is 0.364. The number of benzene rings is 2. The van der Waals surface area contributed by atoms with Gasteiger partial charge in [-0.2, -0.15) is 0 Å². The molecule has 0 saturated heterocycles. The predicted molar refractivity (Wildman–Crippen MR) is 114 cm³/mol. The van der Waals surface area contributed by atoms with Crippen LogP contribution < -0.4 is 4.72 Å². The molecule has 2 rings (SSSR count). The summed E-state index contributed by atoms with van der Waals surface area (Å²) in [5.41, 5.74) is 1.19. The summed E-state index contributed by atoms with van der Waals surface area (Å²) < 4.78 is 37.3. The molecule has 0 heterocycles. The van der Waals surface area contributed by atoms with Gasteiger partial charge in [-0.25, -0.2) is 18.0 Å². The molecule has 0 amide bonds. The number of carbonyl (C=O) groups is 2. The minimum absolute atomic E-state index is 0.0283. The molecule has 8 heteroatoms. The summed E-state index contributed by atoms with van der Waals surface area (Å²) in [7, 11) is -1.52. The van der Waals surface area contributed by atoms with Crippen LogP contribution in [0.1, 0.15) is 58.9 Å². The van der Waals surface area contributed by atoms with Gasteiger partial charge in [0.2, 0.25) is 0 Å². The normalized spacial score (nSPS) is 11.0. The lowest BCUT2D eigenvalue weighted by Crippen LogP contribution is -2.15. The minimum atomic E-state index is -3.91. The zero-order valence-electron chi connectivity index (χ0n) is 17.4. The van der Waals surface area contributed by atoms with E-state index in [2.05, 4.69) is 21.1 Å². The Morgan fingerprint density at radius 2 is 1.43 bits per heavy atom. The van der Waals surface area contributed by atoms with E-state index in [1.165, 1.54) is 38.8 Å². The van der Waals surface area contributed by atoms with E-state index in [-0.39, 0.29) is 21.7 Å². The summed E-state index contributed by atoms with van der Waals surface area (Å²) in [6.45, 7) is 2.15. The van der Waals surface area contributed by atoms with Crippen molar-refractivity contribution in [3.63, 3.8) is 0 Å². The SMILES string of the molecule is CCCCCCc1ccc(S(=O)(=O)Nc2cc(C(=O)OC)cc(C(=O)OC)c2)cc1. The second-order valence-electron chi connectivity index (χ2n) is 6.84. The molecule has 0 spiro atoms. The topological polar surface area (TPSA) is 98.8 Å². The monoisotopic (exact) mass is 433 g/mol. The summed E-state index contributed by atoms with van der Waals surface area (Å²) in [6, 6.07) is 10.6. The zero-order valence-corrected chi connectivity index (χ0v) is 18.3. The van der Waals surface area contributed by atoms with Crippen molar-refractivity contribution in [3.05, 3.63) is 59.2 Å². The first-order chi connectivity index (χ1) is 14.3. The Morgan fingerprint density at radius 1 is 0.867 bits per heavy atom. The summed E-state index contributed by atoms with van der Waals surface area (Å²) in [4.78, 5) is 23.8. The van der Waals surface area contributed by atoms with Crippen LogP contribution in [0.2, 0.25) is 0 Å². The number of ether oxygens (including phenoxy) is 2. The van der Waals surface area contributed by atoms with Crippen LogP contribution in [0.3, 0.4) is 0 Å². The first-order valence-electron chi connectivity index (χ1n) is 9.74. The van der Waals surface area contributed by atoms with Crippen LogP contribution in [0.15, 0.2) is 47.4 Å². The Kier molecular flexibility index (Phi) is 8.41. The molecular formula is C22H27NO6S. The molecular weight excluding hydrogens is 406 g/mol. The Balaban J connectivity index is 2.23. The third-order valence-electron chi connectivity index (χ3n) is 4.58. The van der Waals surface area contributed by atoms with E-state index in [0.717, 1.165) is 31.2 Å². The summed E-state index contributed by atoms with van der Waals surface area (Å²) in [5.74, 6) is -1.40. The fourth-order valence-electron chi connectivity index (χ4n) is 2.96. The molecule has 162 valence electrons. The maximum atomic E-state index is 12.8. The molecule has 1 N–H and O–H groups in total. The van der Waals surface area contributed by atoms with E-state index < -0.39 is 22.0 Å². The van der Waals surface area contributed by atoms with E-state index in [1.807, 2.05) is 0 Å². The lowest BCUT2D eigenvalue weighted by Gasteiger charge is -2.11. The van der Waals surface area contributed by atoms with E-state index >= 15 is 0 Å². The number of hydrogen-bond acceptors (Lipinski definition) is 6. The lowest BCUT2D eigenvalue weighted by molar-refractivity contribution is 0.0599. The van der Waals surface area contributed by atoms with Crippen molar-refractivity contribution in [1.29, 1.82) is 0 Å². The number of carbonyl (C=O) groups excluding carboxylic acids is 2. The van der Waals surface area contributed by atoms with Crippen molar-refractivity contribution in [2.24, 2.45) is 0 Å². The number of unbranched alkanes of at least 4 members (excludes halogenated alkanes) is 3. The number of nitrogens with one attached hydrogen (secondary N) is 1. The second kappa shape index (κ2) is 10.8. The second-order valence-corrected chi connectivity index (χ2v) is 8.52. The number of anilines is 1. The van der Waals surface area contributed by atoms with Crippen LogP contribution in [-0.4, -0.2) is 34.6 Å². The molecule has 0 aliphatic heterocycles. The quantitative estimate of drug-likeness (QED) is 0.446. The van der Waals surface area contributed by atoms with Gasteiger partial charge in [0, 0.05) is 0 Å². The molecule has 0 aliphatic rings. The Hall–Kier alpha value is -2.87. The molecule has 0 aromatic heterocycles. The summed E-state index contributed by atoms with van der Waals surface area (Å²) in [6.07, 6.45) is 5.47. The van der Waals surface area contributed by atoms with Gasteiger partial charge in [0.25, 0.3) is 10.0 Å². The van der Waals surface area contributed by atoms with Gasteiger partial charge in [0.05, 0.1) is 35.9 Å². The zero-order chi connectivity index (χ0) is 22.1. The standard InChI is InChI=1S/C22H27NO6S/c1-4-5-6-7-8-16-9-11-20(12-10-16)30(26,27)23-19-14-17(21(24)28-2)13-18(15-19)22(25)29-3/h9-15,23H,4-8H2,1-3H3. The maximum Gasteiger partial charge on any atom is 0.337 e. The molecule has 2 aromatic carbocycles.